The minimum Gasteiger partial charge on any atom is -0.383 e. The number of carbonyl (C=O) groups excluding carboxylic acids is 2. The summed E-state index contributed by atoms with van der Waals surface area (Å²) in [4.78, 5) is 24.0. The van der Waals surface area contributed by atoms with Gasteiger partial charge in [-0.05, 0) is 32.0 Å². The summed E-state index contributed by atoms with van der Waals surface area (Å²) in [6.45, 7) is 4.95. The Morgan fingerprint density at radius 2 is 2.05 bits per heavy atom. The zero-order chi connectivity index (χ0) is 16.5. The lowest BCUT2D eigenvalue weighted by Crippen LogP contribution is -2.33. The fourth-order valence-electron chi connectivity index (χ4n) is 1.73. The van der Waals surface area contributed by atoms with Crippen LogP contribution in [0.25, 0.3) is 0 Å². The summed E-state index contributed by atoms with van der Waals surface area (Å²) in [5.41, 5.74) is 0.771. The Balaban J connectivity index is 2.73. The van der Waals surface area contributed by atoms with Crippen LogP contribution in [0.1, 0.15) is 24.2 Å². The van der Waals surface area contributed by atoms with E-state index in [0.29, 0.717) is 29.4 Å². The SMILES string of the molecule is COCCNCC(=O)Nc1cc(Cl)ccc1C(=O)NC(C)C. The summed E-state index contributed by atoms with van der Waals surface area (Å²) in [6.07, 6.45) is 0. The summed E-state index contributed by atoms with van der Waals surface area (Å²) < 4.78 is 4.88. The van der Waals surface area contributed by atoms with Gasteiger partial charge in [0, 0.05) is 24.7 Å². The monoisotopic (exact) mass is 327 g/mol. The van der Waals surface area contributed by atoms with Crippen LogP contribution in [0, 0.1) is 0 Å². The fraction of sp³-hybridized carbons (Fsp3) is 0.467. The lowest BCUT2D eigenvalue weighted by molar-refractivity contribution is -0.115. The minimum absolute atomic E-state index is 0.00226. The van der Waals surface area contributed by atoms with Crippen molar-refractivity contribution < 1.29 is 14.3 Å². The molecule has 0 aliphatic carbocycles. The smallest absolute Gasteiger partial charge is 0.253 e. The molecule has 0 aliphatic heterocycles. The van der Waals surface area contributed by atoms with Gasteiger partial charge in [-0.15, -0.1) is 0 Å². The topological polar surface area (TPSA) is 79.5 Å². The van der Waals surface area contributed by atoms with Crippen molar-refractivity contribution in [3.05, 3.63) is 28.8 Å². The van der Waals surface area contributed by atoms with E-state index in [1.807, 2.05) is 13.8 Å². The van der Waals surface area contributed by atoms with Gasteiger partial charge in [0.2, 0.25) is 5.91 Å². The first-order valence-corrected chi connectivity index (χ1v) is 7.41. The van der Waals surface area contributed by atoms with Crippen LogP contribution in [0.4, 0.5) is 5.69 Å². The van der Waals surface area contributed by atoms with Crippen LogP contribution in [0.5, 0.6) is 0 Å². The first-order valence-electron chi connectivity index (χ1n) is 7.04. The average Bonchev–Trinajstić information content (AvgIpc) is 2.43. The Morgan fingerprint density at radius 3 is 2.68 bits per heavy atom. The zero-order valence-electron chi connectivity index (χ0n) is 13.0. The molecule has 1 rings (SSSR count). The largest absolute Gasteiger partial charge is 0.383 e. The highest BCUT2D eigenvalue weighted by Crippen LogP contribution is 2.21. The van der Waals surface area contributed by atoms with Gasteiger partial charge in [0.25, 0.3) is 5.91 Å². The lowest BCUT2D eigenvalue weighted by atomic mass is 10.1. The van der Waals surface area contributed by atoms with E-state index in [2.05, 4.69) is 16.0 Å². The summed E-state index contributed by atoms with van der Waals surface area (Å²) in [7, 11) is 1.59. The number of hydrogen-bond acceptors (Lipinski definition) is 4. The van der Waals surface area contributed by atoms with E-state index in [-0.39, 0.29) is 24.4 Å². The van der Waals surface area contributed by atoms with Crippen LogP contribution in [-0.4, -0.2) is 44.7 Å². The Hall–Kier alpha value is -1.63. The molecule has 1 aromatic rings. The van der Waals surface area contributed by atoms with Crippen molar-refractivity contribution in [2.45, 2.75) is 19.9 Å². The van der Waals surface area contributed by atoms with Gasteiger partial charge in [-0.1, -0.05) is 11.6 Å². The molecule has 0 aliphatic rings. The highest BCUT2D eigenvalue weighted by Gasteiger charge is 2.14. The quantitative estimate of drug-likeness (QED) is 0.634. The van der Waals surface area contributed by atoms with Gasteiger partial charge >= 0.3 is 0 Å². The second-order valence-electron chi connectivity index (χ2n) is 5.04. The molecule has 0 aromatic heterocycles. The van der Waals surface area contributed by atoms with Gasteiger partial charge in [-0.2, -0.15) is 0 Å². The fourth-order valence-corrected chi connectivity index (χ4v) is 1.90. The average molecular weight is 328 g/mol. The molecule has 22 heavy (non-hydrogen) atoms. The van der Waals surface area contributed by atoms with Gasteiger partial charge in [-0.3, -0.25) is 9.59 Å². The van der Waals surface area contributed by atoms with Crippen LogP contribution < -0.4 is 16.0 Å². The van der Waals surface area contributed by atoms with Crippen molar-refractivity contribution in [1.29, 1.82) is 0 Å². The Bertz CT molecular complexity index is 521. The van der Waals surface area contributed by atoms with E-state index >= 15 is 0 Å². The van der Waals surface area contributed by atoms with Crippen molar-refractivity contribution >= 4 is 29.1 Å². The van der Waals surface area contributed by atoms with Crippen LogP contribution >= 0.6 is 11.6 Å². The van der Waals surface area contributed by atoms with Crippen molar-refractivity contribution in [2.24, 2.45) is 0 Å². The van der Waals surface area contributed by atoms with Crippen LogP contribution in [0.15, 0.2) is 18.2 Å². The first kappa shape index (κ1) is 18.4. The van der Waals surface area contributed by atoms with Gasteiger partial charge in [0.05, 0.1) is 24.4 Å². The standard InChI is InChI=1S/C15H22ClN3O3/c1-10(2)18-15(21)12-5-4-11(16)8-13(12)19-14(20)9-17-6-7-22-3/h4-5,8,10,17H,6-7,9H2,1-3H3,(H,18,21)(H,19,20). The number of ether oxygens (including phenoxy) is 1. The number of halogens is 1. The second-order valence-corrected chi connectivity index (χ2v) is 5.47. The number of hydrogen-bond donors (Lipinski definition) is 3. The normalized spacial score (nSPS) is 10.6. The number of benzene rings is 1. The number of amides is 2. The molecule has 122 valence electrons. The van der Waals surface area contributed by atoms with Gasteiger partial charge < -0.3 is 20.7 Å². The molecule has 0 radical (unpaired) electrons. The van der Waals surface area contributed by atoms with Crippen LogP contribution in [0.3, 0.4) is 0 Å². The summed E-state index contributed by atoms with van der Waals surface area (Å²) >= 11 is 5.94. The number of carbonyl (C=O) groups is 2. The molecule has 1 aromatic carbocycles. The third-order valence-corrected chi connectivity index (χ3v) is 2.92. The molecule has 7 heteroatoms. The number of rotatable bonds is 8. The van der Waals surface area contributed by atoms with Crippen molar-refractivity contribution in [2.75, 3.05) is 32.1 Å². The predicted octanol–water partition coefficient (Wildman–Crippen LogP) is 1.65. The molecule has 0 saturated carbocycles. The van der Waals surface area contributed by atoms with Gasteiger partial charge in [0.1, 0.15) is 0 Å². The molecule has 6 nitrogen and oxygen atoms in total. The maximum Gasteiger partial charge on any atom is 0.253 e. The highest BCUT2D eigenvalue weighted by atomic mass is 35.5. The molecule has 0 unspecified atom stereocenters. The van der Waals surface area contributed by atoms with E-state index < -0.39 is 0 Å². The van der Waals surface area contributed by atoms with E-state index in [1.165, 1.54) is 0 Å². The molecule has 0 heterocycles. The zero-order valence-corrected chi connectivity index (χ0v) is 13.8. The van der Waals surface area contributed by atoms with Crippen molar-refractivity contribution in [1.82, 2.24) is 10.6 Å². The maximum absolute atomic E-state index is 12.1. The number of anilines is 1. The Kier molecular flexibility index (Phi) is 7.87. The molecule has 0 bridgehead atoms. The highest BCUT2D eigenvalue weighted by molar-refractivity contribution is 6.31. The summed E-state index contributed by atoms with van der Waals surface area (Å²) in [5, 5.41) is 8.86. The van der Waals surface area contributed by atoms with Crippen LogP contribution in [-0.2, 0) is 9.53 Å². The number of methoxy groups -OCH3 is 1. The third-order valence-electron chi connectivity index (χ3n) is 2.69. The van der Waals surface area contributed by atoms with Gasteiger partial charge in [-0.25, -0.2) is 0 Å². The molecule has 3 N–H and O–H groups in total. The van der Waals surface area contributed by atoms with E-state index in [4.69, 9.17) is 16.3 Å². The minimum atomic E-state index is -0.255. The first-order chi connectivity index (χ1) is 10.4. The van der Waals surface area contributed by atoms with Crippen molar-refractivity contribution in [3.8, 4) is 0 Å². The van der Waals surface area contributed by atoms with Gasteiger partial charge in [0.15, 0.2) is 0 Å². The van der Waals surface area contributed by atoms with E-state index in [0.717, 1.165) is 0 Å². The van der Waals surface area contributed by atoms with Crippen LogP contribution in [0.2, 0.25) is 5.02 Å². The summed E-state index contributed by atoms with van der Waals surface area (Å²) in [6, 6.07) is 4.77. The molecule has 0 fully saturated rings. The predicted molar refractivity (Wildman–Crippen MR) is 87.4 cm³/mol. The Labute approximate surface area is 135 Å². The van der Waals surface area contributed by atoms with E-state index in [1.54, 1.807) is 25.3 Å². The summed E-state index contributed by atoms with van der Waals surface area (Å²) in [5.74, 6) is -0.508. The molecule has 2 amide bonds. The van der Waals surface area contributed by atoms with Crippen molar-refractivity contribution in [3.63, 3.8) is 0 Å². The molecular weight excluding hydrogens is 306 g/mol. The lowest BCUT2D eigenvalue weighted by Gasteiger charge is -2.14. The van der Waals surface area contributed by atoms with E-state index in [9.17, 15) is 9.59 Å². The third kappa shape index (κ3) is 6.43. The molecule has 0 saturated heterocycles. The molecule has 0 atom stereocenters. The molecular formula is C15H22ClN3O3. The molecule has 0 spiro atoms. The second kappa shape index (κ2) is 9.40. The number of nitrogens with one attached hydrogen (secondary N) is 3. The maximum atomic E-state index is 12.1. The Morgan fingerprint density at radius 1 is 1.32 bits per heavy atom.